The molecule has 3 nitrogen and oxygen atoms in total. The zero-order valence-corrected chi connectivity index (χ0v) is 28.9. The largest absolute Gasteiger partial charge is 0.367 e. The SMILES string of the molecule is CC.CC.CC.CC(C)CN1CCN(CCOC(c2ccccc2)c2ccccc2)CC1.[Ar].c1ccc2ccccc2c1. The van der Waals surface area contributed by atoms with E-state index >= 15 is 0 Å². The number of benzene rings is 4. The monoisotopic (exact) mass is 610 g/mol. The summed E-state index contributed by atoms with van der Waals surface area (Å²) in [6, 6.07) is 37.8. The Balaban J connectivity index is 0.000000862. The molecule has 4 heteroatoms. The number of piperazine rings is 1. The summed E-state index contributed by atoms with van der Waals surface area (Å²) in [7, 11) is 0. The number of nitrogens with zero attached hydrogens (tertiary/aromatic N) is 2. The van der Waals surface area contributed by atoms with Crippen LogP contribution < -0.4 is 0 Å². The predicted molar refractivity (Wildman–Crippen MR) is 186 cm³/mol. The van der Waals surface area contributed by atoms with Crippen LogP contribution in [-0.4, -0.2) is 55.7 Å². The molecule has 0 N–H and O–H groups in total. The van der Waals surface area contributed by atoms with E-state index in [1.165, 1.54) is 41.5 Å². The zero-order chi connectivity index (χ0) is 31.0. The van der Waals surface area contributed by atoms with E-state index in [1.807, 2.05) is 41.5 Å². The van der Waals surface area contributed by atoms with Gasteiger partial charge in [-0.1, -0.05) is 165 Å². The second-order valence-corrected chi connectivity index (χ2v) is 9.96. The van der Waals surface area contributed by atoms with Gasteiger partial charge in [0.25, 0.3) is 0 Å². The maximum Gasteiger partial charge on any atom is 0.108 e. The van der Waals surface area contributed by atoms with Crippen molar-refractivity contribution in [3.05, 3.63) is 120 Å². The van der Waals surface area contributed by atoms with Gasteiger partial charge in [-0.2, -0.15) is 0 Å². The molecule has 1 fully saturated rings. The third kappa shape index (κ3) is 16.2. The van der Waals surface area contributed by atoms with Crippen LogP contribution >= 0.6 is 0 Å². The van der Waals surface area contributed by atoms with Gasteiger partial charge < -0.3 is 9.64 Å². The van der Waals surface area contributed by atoms with Crippen molar-refractivity contribution in [3.63, 3.8) is 0 Å². The van der Waals surface area contributed by atoms with Gasteiger partial charge >= 0.3 is 0 Å². The summed E-state index contributed by atoms with van der Waals surface area (Å²) < 4.78 is 6.35. The predicted octanol–water partition coefficient (Wildman–Crippen LogP) is 9.98. The maximum absolute atomic E-state index is 6.35. The molecule has 1 aliphatic rings. The van der Waals surface area contributed by atoms with Crippen molar-refractivity contribution in [1.82, 2.24) is 9.80 Å². The van der Waals surface area contributed by atoms with E-state index in [2.05, 4.69) is 133 Å². The summed E-state index contributed by atoms with van der Waals surface area (Å²) in [4.78, 5) is 5.11. The van der Waals surface area contributed by atoms with Gasteiger partial charge in [0, 0.05) is 77.0 Å². The van der Waals surface area contributed by atoms with Crippen molar-refractivity contribution < 1.29 is 42.5 Å². The van der Waals surface area contributed by atoms with Crippen LogP contribution in [0.15, 0.2) is 109 Å². The summed E-state index contributed by atoms with van der Waals surface area (Å²) in [5.41, 5.74) is 2.45. The minimum absolute atomic E-state index is 0. The summed E-state index contributed by atoms with van der Waals surface area (Å²) in [6.07, 6.45) is 0.0135. The topological polar surface area (TPSA) is 15.7 Å². The third-order valence-electron chi connectivity index (χ3n) is 6.64. The van der Waals surface area contributed by atoms with Crippen molar-refractivity contribution in [3.8, 4) is 0 Å². The molecule has 5 rings (SSSR count). The van der Waals surface area contributed by atoms with Crippen LogP contribution in [0.2, 0.25) is 0 Å². The van der Waals surface area contributed by atoms with Gasteiger partial charge in [-0.15, -0.1) is 0 Å². The van der Waals surface area contributed by atoms with Gasteiger partial charge in [-0.3, -0.25) is 4.90 Å². The molecule has 4 aromatic rings. The van der Waals surface area contributed by atoms with E-state index in [0.717, 1.165) is 32.2 Å². The van der Waals surface area contributed by atoms with E-state index in [0.29, 0.717) is 0 Å². The van der Waals surface area contributed by atoms with Crippen LogP contribution in [0.4, 0.5) is 0 Å². The second kappa shape index (κ2) is 26.7. The summed E-state index contributed by atoms with van der Waals surface area (Å²) in [6.45, 7) is 24.2. The zero-order valence-electron chi connectivity index (χ0n) is 28.2. The maximum atomic E-state index is 6.35. The minimum Gasteiger partial charge on any atom is -0.367 e. The first-order valence-electron chi connectivity index (χ1n) is 16.3. The first kappa shape index (κ1) is 41.3. The molecule has 238 valence electrons. The normalized spacial score (nSPS) is 12.7. The van der Waals surface area contributed by atoms with Crippen LogP contribution in [0, 0.1) is 43.7 Å². The van der Waals surface area contributed by atoms with Gasteiger partial charge in [-0.25, -0.2) is 0 Å². The molecule has 4 aromatic carbocycles. The first-order valence-corrected chi connectivity index (χ1v) is 16.3. The molecular formula is C39H58ArN2O. The van der Waals surface area contributed by atoms with Gasteiger partial charge in [0.05, 0.1) is 6.61 Å². The Bertz CT molecular complexity index is 1040. The fraction of sp³-hybridized carbons (Fsp3) is 0.436. The van der Waals surface area contributed by atoms with E-state index in [9.17, 15) is 0 Å². The molecule has 1 aliphatic heterocycles. The number of rotatable bonds is 8. The van der Waals surface area contributed by atoms with Gasteiger partial charge in [-0.05, 0) is 27.8 Å². The Hall–Kier alpha value is -1.72. The van der Waals surface area contributed by atoms with E-state index in [1.54, 1.807) is 0 Å². The van der Waals surface area contributed by atoms with Gasteiger partial charge in [0.1, 0.15) is 6.10 Å². The molecule has 0 unspecified atom stereocenters. The molecule has 1 heterocycles. The Kier molecular flexibility index (Phi) is 25.6. The van der Waals surface area contributed by atoms with E-state index in [4.69, 9.17) is 4.74 Å². The van der Waals surface area contributed by atoms with Crippen molar-refractivity contribution in [2.45, 2.75) is 61.5 Å². The van der Waals surface area contributed by atoms with Crippen LogP contribution in [0.3, 0.4) is 0 Å². The Morgan fingerprint density at radius 1 is 0.535 bits per heavy atom. The fourth-order valence-electron chi connectivity index (χ4n) is 4.78. The summed E-state index contributed by atoms with van der Waals surface area (Å²) in [5, 5.41) is 2.62. The van der Waals surface area contributed by atoms with Gasteiger partial charge in [0.15, 0.2) is 0 Å². The van der Waals surface area contributed by atoms with E-state index in [-0.39, 0.29) is 43.8 Å². The number of ether oxygens (including phenoxy) is 1. The van der Waals surface area contributed by atoms with Crippen molar-refractivity contribution >= 4 is 10.8 Å². The first-order chi connectivity index (χ1) is 20.7. The molecule has 0 bridgehead atoms. The minimum atomic E-state index is 0. The number of hydrogen-bond donors (Lipinski definition) is 0. The number of fused-ring (bicyclic) bond motifs is 1. The van der Waals surface area contributed by atoms with Crippen LogP contribution in [0.1, 0.15) is 72.6 Å². The standard InChI is InChI=1S/C23H32N2O.C10H8.3C2H6.Ar/c1-20(2)19-25-15-13-24(14-16-25)17-18-26-23(21-9-5-3-6-10-21)22-11-7-4-8-12-22;1-2-6-10-8-4-3-7-9(10)5-1;3*1-2;/h3-12,20,23H,13-19H2,1-2H3;1-8H;3*1-2H3;. The smallest absolute Gasteiger partial charge is 0.108 e. The quantitative estimate of drug-likeness (QED) is 0.197. The average molecular weight is 611 g/mol. The van der Waals surface area contributed by atoms with Crippen molar-refractivity contribution in [2.24, 2.45) is 5.92 Å². The molecule has 0 amide bonds. The van der Waals surface area contributed by atoms with Crippen LogP contribution in [0.5, 0.6) is 0 Å². The molecule has 0 atom stereocenters. The summed E-state index contributed by atoms with van der Waals surface area (Å²) >= 11 is 0. The Morgan fingerprint density at radius 2 is 0.884 bits per heavy atom. The molecule has 0 spiro atoms. The number of hydrogen-bond acceptors (Lipinski definition) is 3. The van der Waals surface area contributed by atoms with Gasteiger partial charge in [0.2, 0.25) is 0 Å². The van der Waals surface area contributed by atoms with Crippen molar-refractivity contribution in [1.29, 1.82) is 0 Å². The van der Waals surface area contributed by atoms with Crippen molar-refractivity contribution in [2.75, 3.05) is 45.9 Å². The summed E-state index contributed by atoms with van der Waals surface area (Å²) in [5.74, 6) is 0.752. The molecular weight excluding hydrogens is 552 g/mol. The Morgan fingerprint density at radius 3 is 1.26 bits per heavy atom. The Labute approximate surface area is 294 Å². The van der Waals surface area contributed by atoms with E-state index < -0.39 is 0 Å². The molecule has 0 aliphatic carbocycles. The molecule has 0 aromatic heterocycles. The molecule has 0 radical (unpaired) electrons. The average Bonchev–Trinajstić information content (AvgIpc) is 3.07. The molecule has 43 heavy (non-hydrogen) atoms. The molecule has 0 saturated carbocycles. The second-order valence-electron chi connectivity index (χ2n) is 9.96. The van der Waals surface area contributed by atoms with Crippen LogP contribution in [0.25, 0.3) is 10.8 Å². The third-order valence-corrected chi connectivity index (χ3v) is 6.64. The fourth-order valence-corrected chi connectivity index (χ4v) is 4.78. The molecule has 1 saturated heterocycles. The van der Waals surface area contributed by atoms with Crippen LogP contribution in [-0.2, 0) is 4.74 Å².